The zero-order valence-corrected chi connectivity index (χ0v) is 14.9. The first-order valence-electron chi connectivity index (χ1n) is 7.92. The fraction of sp³-hybridized carbons (Fsp3) is 0. The largest absolute Gasteiger partial charge is 0.488 e. The fourth-order valence-corrected chi connectivity index (χ4v) is 4.81. The molecule has 0 amide bonds. The molecule has 0 saturated carbocycles. The Morgan fingerprint density at radius 3 is 1.76 bits per heavy atom. The van der Waals surface area contributed by atoms with Gasteiger partial charge in [0, 0.05) is 19.5 Å². The average molecular weight is 362 g/mol. The Morgan fingerprint density at radius 1 is 0.560 bits per heavy atom. The minimum absolute atomic E-state index is 0.509. The second-order valence-corrected chi connectivity index (χ2v) is 7.86. The van der Waals surface area contributed by atoms with Gasteiger partial charge in [-0.25, -0.2) is 0 Å². The Balaban J connectivity index is 1.64. The number of thiophene rings is 2. The van der Waals surface area contributed by atoms with E-state index in [1.54, 1.807) is 28.7 Å². The van der Waals surface area contributed by atoms with Gasteiger partial charge in [-0.2, -0.15) is 0 Å². The van der Waals surface area contributed by atoms with Crippen LogP contribution in [0.1, 0.15) is 0 Å². The highest BCUT2D eigenvalue weighted by Crippen LogP contribution is 2.40. The Labute approximate surface area is 154 Å². The molecule has 4 rings (SSSR count). The van der Waals surface area contributed by atoms with Gasteiger partial charge in [-0.1, -0.05) is 54.6 Å². The number of rotatable bonds is 4. The molecule has 0 unspecified atom stereocenters. The maximum absolute atomic E-state index is 9.35. The minimum atomic E-state index is -1.44. The summed E-state index contributed by atoms with van der Waals surface area (Å²) in [5.74, 6) is 0. The Kier molecular flexibility index (Phi) is 4.55. The van der Waals surface area contributed by atoms with E-state index in [0.717, 1.165) is 10.4 Å². The molecule has 0 spiro atoms. The smallest absolute Gasteiger partial charge is 0.423 e. The predicted molar refractivity (Wildman–Crippen MR) is 108 cm³/mol. The highest BCUT2D eigenvalue weighted by atomic mass is 32.1. The molecule has 122 valence electrons. The van der Waals surface area contributed by atoms with Crippen LogP contribution in [0.25, 0.3) is 30.6 Å². The van der Waals surface area contributed by atoms with Crippen LogP contribution >= 0.6 is 22.7 Å². The monoisotopic (exact) mass is 362 g/mol. The van der Waals surface area contributed by atoms with Crippen LogP contribution in [-0.2, 0) is 0 Å². The standard InChI is InChI=1S/C20H15BO2S2/c22-21(23)16-8-4-7-15(13-16)18-10-12-20(25-18)19-11-9-17(24-19)14-5-2-1-3-6-14/h1-13,22-23H. The van der Waals surface area contributed by atoms with E-state index in [2.05, 4.69) is 48.5 Å². The van der Waals surface area contributed by atoms with E-state index in [1.165, 1.54) is 20.2 Å². The van der Waals surface area contributed by atoms with Gasteiger partial charge in [-0.3, -0.25) is 0 Å². The lowest BCUT2D eigenvalue weighted by Crippen LogP contribution is -2.29. The molecule has 0 saturated heterocycles. The van der Waals surface area contributed by atoms with E-state index in [-0.39, 0.29) is 0 Å². The van der Waals surface area contributed by atoms with Crippen molar-refractivity contribution in [2.24, 2.45) is 0 Å². The lowest BCUT2D eigenvalue weighted by atomic mass is 9.79. The second kappa shape index (κ2) is 6.98. The van der Waals surface area contributed by atoms with Crippen LogP contribution in [0, 0.1) is 0 Å². The lowest BCUT2D eigenvalue weighted by molar-refractivity contribution is 0.426. The van der Waals surface area contributed by atoms with Crippen LogP contribution in [0.3, 0.4) is 0 Å². The van der Waals surface area contributed by atoms with Gasteiger partial charge in [-0.15, -0.1) is 22.7 Å². The summed E-state index contributed by atoms with van der Waals surface area (Å²) >= 11 is 3.50. The van der Waals surface area contributed by atoms with Gasteiger partial charge in [0.15, 0.2) is 0 Å². The summed E-state index contributed by atoms with van der Waals surface area (Å²) < 4.78 is 0. The summed E-state index contributed by atoms with van der Waals surface area (Å²) in [4.78, 5) is 4.84. The van der Waals surface area contributed by atoms with Gasteiger partial charge >= 0.3 is 7.12 Å². The first-order chi connectivity index (χ1) is 12.2. The number of benzene rings is 2. The molecule has 25 heavy (non-hydrogen) atoms. The van der Waals surface area contributed by atoms with E-state index >= 15 is 0 Å². The van der Waals surface area contributed by atoms with Gasteiger partial charge in [0.1, 0.15) is 0 Å². The summed E-state index contributed by atoms with van der Waals surface area (Å²) in [5.41, 5.74) is 2.75. The minimum Gasteiger partial charge on any atom is -0.423 e. The van der Waals surface area contributed by atoms with Crippen molar-refractivity contribution in [3.63, 3.8) is 0 Å². The van der Waals surface area contributed by atoms with Gasteiger partial charge in [0.25, 0.3) is 0 Å². The molecule has 2 N–H and O–H groups in total. The molecule has 0 aliphatic heterocycles. The van der Waals surface area contributed by atoms with Crippen LogP contribution in [0.15, 0.2) is 78.9 Å². The van der Waals surface area contributed by atoms with Gasteiger partial charge in [0.2, 0.25) is 0 Å². The van der Waals surface area contributed by atoms with E-state index in [0.29, 0.717) is 5.46 Å². The van der Waals surface area contributed by atoms with Crippen molar-refractivity contribution in [1.82, 2.24) is 0 Å². The molecule has 4 aromatic rings. The van der Waals surface area contributed by atoms with Crippen LogP contribution < -0.4 is 5.46 Å². The van der Waals surface area contributed by atoms with Gasteiger partial charge in [0.05, 0.1) is 0 Å². The van der Waals surface area contributed by atoms with Crippen molar-refractivity contribution in [2.45, 2.75) is 0 Å². The molecule has 5 heteroatoms. The molecule has 0 atom stereocenters. The topological polar surface area (TPSA) is 40.5 Å². The molecule has 0 radical (unpaired) electrons. The van der Waals surface area contributed by atoms with E-state index in [9.17, 15) is 10.0 Å². The molecule has 0 aliphatic carbocycles. The van der Waals surface area contributed by atoms with Crippen LogP contribution in [0.2, 0.25) is 0 Å². The maximum atomic E-state index is 9.35. The summed E-state index contributed by atoms with van der Waals surface area (Å²) in [6.07, 6.45) is 0. The summed E-state index contributed by atoms with van der Waals surface area (Å²) in [5, 5.41) is 18.7. The Morgan fingerprint density at radius 2 is 1.12 bits per heavy atom. The van der Waals surface area contributed by atoms with Crippen LogP contribution in [0.5, 0.6) is 0 Å². The average Bonchev–Trinajstić information content (AvgIpc) is 3.32. The summed E-state index contributed by atoms with van der Waals surface area (Å²) in [7, 11) is -1.44. The number of hydrogen-bond donors (Lipinski definition) is 2. The molecule has 2 aromatic heterocycles. The third-order valence-electron chi connectivity index (χ3n) is 3.98. The summed E-state index contributed by atoms with van der Waals surface area (Å²) in [6, 6.07) is 26.3. The molecule has 0 fully saturated rings. The van der Waals surface area contributed by atoms with Crippen molar-refractivity contribution in [3.05, 3.63) is 78.9 Å². The van der Waals surface area contributed by atoms with E-state index < -0.39 is 7.12 Å². The highest BCUT2D eigenvalue weighted by molar-refractivity contribution is 7.25. The maximum Gasteiger partial charge on any atom is 0.488 e. The molecular weight excluding hydrogens is 347 g/mol. The zero-order valence-electron chi connectivity index (χ0n) is 13.3. The van der Waals surface area contributed by atoms with Crippen LogP contribution in [0.4, 0.5) is 0 Å². The molecule has 2 nitrogen and oxygen atoms in total. The normalized spacial score (nSPS) is 10.8. The third kappa shape index (κ3) is 3.46. The van der Waals surface area contributed by atoms with Crippen molar-refractivity contribution < 1.29 is 10.0 Å². The predicted octanol–water partition coefficient (Wildman–Crippen LogP) is 4.49. The summed E-state index contributed by atoms with van der Waals surface area (Å²) in [6.45, 7) is 0. The van der Waals surface area contributed by atoms with Crippen LogP contribution in [-0.4, -0.2) is 17.2 Å². The lowest BCUT2D eigenvalue weighted by Gasteiger charge is -2.02. The SMILES string of the molecule is OB(O)c1cccc(-c2ccc(-c3ccc(-c4ccccc4)s3)s2)c1. The first kappa shape index (κ1) is 16.3. The first-order valence-corrected chi connectivity index (χ1v) is 9.56. The molecule has 0 bridgehead atoms. The molecule has 0 aliphatic rings. The number of hydrogen-bond acceptors (Lipinski definition) is 4. The van der Waals surface area contributed by atoms with E-state index in [4.69, 9.17) is 0 Å². The van der Waals surface area contributed by atoms with Gasteiger partial charge < -0.3 is 10.0 Å². The van der Waals surface area contributed by atoms with Gasteiger partial charge in [-0.05, 0) is 40.9 Å². The molecule has 2 aromatic carbocycles. The van der Waals surface area contributed by atoms with E-state index in [1.807, 2.05) is 24.3 Å². The zero-order chi connectivity index (χ0) is 17.2. The molecular formula is C20H15BO2S2. The highest BCUT2D eigenvalue weighted by Gasteiger charge is 2.13. The van der Waals surface area contributed by atoms with Crippen molar-refractivity contribution in [1.29, 1.82) is 0 Å². The van der Waals surface area contributed by atoms with Crippen molar-refractivity contribution in [2.75, 3.05) is 0 Å². The fourth-order valence-electron chi connectivity index (χ4n) is 2.71. The van der Waals surface area contributed by atoms with Crippen molar-refractivity contribution in [3.8, 4) is 30.6 Å². The Bertz CT molecular complexity index is 990. The second-order valence-electron chi connectivity index (χ2n) is 5.69. The molecule has 2 heterocycles. The quantitative estimate of drug-likeness (QED) is 0.525. The third-order valence-corrected chi connectivity index (χ3v) is 6.45. The van der Waals surface area contributed by atoms with Crippen molar-refractivity contribution >= 4 is 35.3 Å². The Hall–Kier alpha value is -2.18.